The first-order valence-electron chi connectivity index (χ1n) is 7.13. The number of pyridine rings is 2. The molecular formula is C18H15ClCuN2O4. The van der Waals surface area contributed by atoms with E-state index in [1.165, 1.54) is 6.07 Å². The van der Waals surface area contributed by atoms with Gasteiger partial charge in [0.2, 0.25) is 0 Å². The zero-order valence-electron chi connectivity index (χ0n) is 13.2. The van der Waals surface area contributed by atoms with Gasteiger partial charge in [-0.2, -0.15) is 0 Å². The van der Waals surface area contributed by atoms with Crippen molar-refractivity contribution in [1.82, 2.24) is 9.97 Å². The van der Waals surface area contributed by atoms with Crippen LogP contribution in [0.25, 0.3) is 22.3 Å². The fraction of sp³-hybridized carbons (Fsp3) is 0.0556. The average molecular weight is 422 g/mol. The van der Waals surface area contributed by atoms with Crippen LogP contribution in [0.1, 0.15) is 11.7 Å². The number of aliphatic carboxylic acids is 1. The Morgan fingerprint density at radius 2 is 1.42 bits per heavy atom. The van der Waals surface area contributed by atoms with Crippen molar-refractivity contribution < 1.29 is 37.6 Å². The van der Waals surface area contributed by atoms with Crippen LogP contribution in [0.3, 0.4) is 0 Å². The Morgan fingerprint density at radius 3 is 1.92 bits per heavy atom. The second-order valence-corrected chi connectivity index (χ2v) is 5.48. The van der Waals surface area contributed by atoms with Gasteiger partial charge in [0.25, 0.3) is 0 Å². The molecule has 139 valence electrons. The van der Waals surface area contributed by atoms with Crippen LogP contribution >= 0.6 is 11.6 Å². The number of benzene rings is 1. The summed E-state index contributed by atoms with van der Waals surface area (Å²) in [6.45, 7) is 0. The van der Waals surface area contributed by atoms with Crippen LogP contribution in [0.2, 0.25) is 5.02 Å². The molecule has 8 heteroatoms. The molecule has 2 heterocycles. The number of hydrogen-bond acceptors (Lipinski definition) is 4. The van der Waals surface area contributed by atoms with Gasteiger partial charge in [-0.05, 0) is 41.0 Å². The summed E-state index contributed by atoms with van der Waals surface area (Å²) in [6, 6.07) is 10.5. The van der Waals surface area contributed by atoms with Crippen molar-refractivity contribution in [3.8, 4) is 22.3 Å². The first kappa shape index (κ1) is 21.8. The Labute approximate surface area is 165 Å². The Hall–Kier alpha value is -2.28. The van der Waals surface area contributed by atoms with Crippen LogP contribution in [-0.2, 0) is 21.9 Å². The normalized spacial score (nSPS) is 11.0. The van der Waals surface area contributed by atoms with E-state index in [9.17, 15) is 9.90 Å². The maximum atomic E-state index is 11.1. The first-order valence-corrected chi connectivity index (χ1v) is 7.51. The van der Waals surface area contributed by atoms with Crippen molar-refractivity contribution in [3.63, 3.8) is 0 Å². The number of nitrogens with zero attached hydrogens (tertiary/aromatic N) is 2. The summed E-state index contributed by atoms with van der Waals surface area (Å²) in [6.07, 6.45) is 4.90. The van der Waals surface area contributed by atoms with Gasteiger partial charge in [0.1, 0.15) is 0 Å². The van der Waals surface area contributed by atoms with E-state index in [0.717, 1.165) is 16.7 Å². The third-order valence-electron chi connectivity index (χ3n) is 3.66. The number of hydrogen-bond donors (Lipinski definition) is 2. The van der Waals surface area contributed by atoms with Crippen molar-refractivity contribution >= 4 is 17.6 Å². The Morgan fingerprint density at radius 1 is 0.923 bits per heavy atom. The number of carbonyl (C=O) groups is 1. The number of aliphatic hydroxyl groups is 1. The monoisotopic (exact) mass is 421 g/mol. The van der Waals surface area contributed by atoms with Gasteiger partial charge >= 0.3 is 5.97 Å². The molecule has 3 rings (SSSR count). The van der Waals surface area contributed by atoms with Crippen LogP contribution in [0.4, 0.5) is 0 Å². The van der Waals surface area contributed by atoms with Crippen LogP contribution in [0.5, 0.6) is 0 Å². The topological polar surface area (TPSA) is 115 Å². The molecule has 1 unspecified atom stereocenters. The summed E-state index contributed by atoms with van der Waals surface area (Å²) in [5.74, 6) is -1.35. The average Bonchev–Trinajstić information content (AvgIpc) is 2.62. The molecular weight excluding hydrogens is 407 g/mol. The zero-order chi connectivity index (χ0) is 17.1. The Kier molecular flexibility index (Phi) is 7.89. The van der Waals surface area contributed by atoms with E-state index in [-0.39, 0.29) is 33.1 Å². The third-order valence-corrected chi connectivity index (χ3v) is 4.07. The van der Waals surface area contributed by atoms with E-state index in [2.05, 4.69) is 9.97 Å². The van der Waals surface area contributed by atoms with Crippen LogP contribution < -0.4 is 0 Å². The van der Waals surface area contributed by atoms with Gasteiger partial charge < -0.3 is 15.7 Å². The molecule has 0 fully saturated rings. The van der Waals surface area contributed by atoms with E-state index in [1.54, 1.807) is 43.0 Å². The fourth-order valence-electron chi connectivity index (χ4n) is 2.51. The number of aliphatic hydroxyl groups excluding tert-OH is 1. The second kappa shape index (κ2) is 9.43. The minimum Gasteiger partial charge on any atom is -0.479 e. The minimum atomic E-state index is -1.69. The predicted octanol–water partition coefficient (Wildman–Crippen LogP) is 2.75. The van der Waals surface area contributed by atoms with Crippen molar-refractivity contribution in [1.29, 1.82) is 0 Å². The maximum Gasteiger partial charge on any atom is 0.337 e. The van der Waals surface area contributed by atoms with Gasteiger partial charge in [-0.15, -0.1) is 0 Å². The molecule has 0 aliphatic rings. The molecule has 3 aromatic rings. The van der Waals surface area contributed by atoms with Gasteiger partial charge in [-0.1, -0.05) is 23.7 Å². The van der Waals surface area contributed by atoms with Gasteiger partial charge in [-0.3, -0.25) is 9.97 Å². The van der Waals surface area contributed by atoms with Gasteiger partial charge in [-0.25, -0.2) is 4.79 Å². The molecule has 0 saturated heterocycles. The Balaban J connectivity index is 0.00000169. The zero-order valence-corrected chi connectivity index (χ0v) is 14.9. The van der Waals surface area contributed by atoms with Crippen molar-refractivity contribution in [2.24, 2.45) is 0 Å². The molecule has 1 atom stereocenters. The molecule has 0 saturated carbocycles. The summed E-state index contributed by atoms with van der Waals surface area (Å²) in [7, 11) is 0. The number of rotatable bonds is 4. The molecule has 1 aromatic carbocycles. The smallest absolute Gasteiger partial charge is 0.337 e. The summed E-state index contributed by atoms with van der Waals surface area (Å²) >= 11 is 6.48. The largest absolute Gasteiger partial charge is 0.479 e. The molecule has 6 nitrogen and oxygen atoms in total. The predicted molar refractivity (Wildman–Crippen MR) is 94.1 cm³/mol. The van der Waals surface area contributed by atoms with Crippen molar-refractivity contribution in [2.75, 3.05) is 0 Å². The molecule has 0 amide bonds. The number of carboxylic acid groups (broad SMARTS) is 1. The third kappa shape index (κ3) is 4.27. The fourth-order valence-corrected chi connectivity index (χ4v) is 2.89. The molecule has 0 bridgehead atoms. The first-order chi connectivity index (χ1) is 11.6. The molecule has 26 heavy (non-hydrogen) atoms. The second-order valence-electron chi connectivity index (χ2n) is 5.10. The van der Waals surface area contributed by atoms with E-state index in [4.69, 9.17) is 16.7 Å². The summed E-state index contributed by atoms with van der Waals surface area (Å²) in [5.41, 5.74) is 3.27. The molecule has 1 radical (unpaired) electrons. The van der Waals surface area contributed by atoms with Gasteiger partial charge in [0.15, 0.2) is 6.10 Å². The van der Waals surface area contributed by atoms with E-state index < -0.39 is 12.1 Å². The summed E-state index contributed by atoms with van der Waals surface area (Å²) in [5, 5.41) is 19.2. The standard InChI is InChI=1S/C18H13ClN2O3.Cu.H2O/c19-16-14(17(22)18(23)24)2-1-13(11-3-7-20-8-4-11)15(16)12-5-9-21-10-6-12;;/h1-10,17,22H,(H,23,24);;1H2. The number of carboxylic acids is 1. The SMILES string of the molecule is O.O=C(O)C(O)c1ccc(-c2ccncc2)c(-c2ccncc2)c1Cl.[Cu]. The summed E-state index contributed by atoms with van der Waals surface area (Å²) < 4.78 is 0. The van der Waals surface area contributed by atoms with E-state index >= 15 is 0 Å². The van der Waals surface area contributed by atoms with E-state index in [0.29, 0.717) is 5.56 Å². The molecule has 2 aromatic heterocycles. The van der Waals surface area contributed by atoms with Gasteiger partial charge in [0, 0.05) is 53.0 Å². The summed E-state index contributed by atoms with van der Waals surface area (Å²) in [4.78, 5) is 19.1. The maximum absolute atomic E-state index is 11.1. The molecule has 4 N–H and O–H groups in total. The van der Waals surface area contributed by atoms with E-state index in [1.807, 2.05) is 12.1 Å². The van der Waals surface area contributed by atoms with Crippen LogP contribution in [-0.4, -0.2) is 31.6 Å². The van der Waals surface area contributed by atoms with Crippen LogP contribution in [0, 0.1) is 0 Å². The van der Waals surface area contributed by atoms with Crippen molar-refractivity contribution in [3.05, 3.63) is 71.8 Å². The quantitative estimate of drug-likeness (QED) is 0.628. The minimum absolute atomic E-state index is 0. The number of aromatic nitrogens is 2. The molecule has 0 aliphatic carbocycles. The Bertz CT molecular complexity index is 879. The number of halogens is 1. The van der Waals surface area contributed by atoms with Crippen molar-refractivity contribution in [2.45, 2.75) is 6.10 Å². The van der Waals surface area contributed by atoms with Crippen LogP contribution in [0.15, 0.2) is 61.2 Å². The van der Waals surface area contributed by atoms with Gasteiger partial charge in [0.05, 0.1) is 5.02 Å². The molecule has 0 spiro atoms. The molecule has 0 aliphatic heterocycles.